The summed E-state index contributed by atoms with van der Waals surface area (Å²) in [6.07, 6.45) is 3.04. The third kappa shape index (κ3) is 3.62. The molecule has 1 fully saturated rings. The Labute approximate surface area is 146 Å². The van der Waals surface area contributed by atoms with Crippen LogP contribution in [-0.4, -0.2) is 32.7 Å². The molecule has 0 N–H and O–H groups in total. The molecule has 0 radical (unpaired) electrons. The predicted octanol–water partition coefficient (Wildman–Crippen LogP) is 2.84. The summed E-state index contributed by atoms with van der Waals surface area (Å²) in [7, 11) is 0. The van der Waals surface area contributed by atoms with Gasteiger partial charge in [0.15, 0.2) is 0 Å². The van der Waals surface area contributed by atoms with Gasteiger partial charge in [-0.25, -0.2) is 9.07 Å². The van der Waals surface area contributed by atoms with Crippen molar-refractivity contribution in [3.8, 4) is 11.3 Å². The second-order valence-corrected chi connectivity index (χ2v) is 6.62. The fraction of sp³-hybridized carbons (Fsp3) is 0.421. The van der Waals surface area contributed by atoms with Gasteiger partial charge in [-0.15, -0.1) is 0 Å². The fourth-order valence-corrected chi connectivity index (χ4v) is 3.50. The topological polar surface area (TPSA) is 55.2 Å². The average Bonchev–Trinajstić information content (AvgIpc) is 2.57. The van der Waals surface area contributed by atoms with Crippen molar-refractivity contribution >= 4 is 5.91 Å². The van der Waals surface area contributed by atoms with Crippen molar-refractivity contribution in [3.63, 3.8) is 0 Å². The van der Waals surface area contributed by atoms with Gasteiger partial charge >= 0.3 is 0 Å². The van der Waals surface area contributed by atoms with E-state index in [9.17, 15) is 14.0 Å². The number of likely N-dealkylation sites (tertiary alicyclic amines) is 1. The molecule has 0 aliphatic carbocycles. The molecule has 1 aliphatic heterocycles. The molecule has 2 atom stereocenters. The molecule has 1 saturated heterocycles. The molecule has 1 aromatic heterocycles. The number of carbonyl (C=O) groups is 1. The number of benzene rings is 1. The summed E-state index contributed by atoms with van der Waals surface area (Å²) in [6, 6.07) is 9.36. The van der Waals surface area contributed by atoms with Crippen LogP contribution in [0.4, 0.5) is 4.39 Å². The molecule has 0 unspecified atom stereocenters. The van der Waals surface area contributed by atoms with Crippen LogP contribution in [0.2, 0.25) is 0 Å². The molecule has 1 amide bonds. The number of amides is 1. The highest BCUT2D eigenvalue weighted by Crippen LogP contribution is 2.23. The molecule has 3 rings (SSSR count). The van der Waals surface area contributed by atoms with E-state index in [0.717, 1.165) is 23.9 Å². The fourth-order valence-electron chi connectivity index (χ4n) is 3.50. The Morgan fingerprint density at radius 2 is 1.84 bits per heavy atom. The van der Waals surface area contributed by atoms with Crippen LogP contribution in [-0.2, 0) is 11.3 Å². The smallest absolute Gasteiger partial charge is 0.267 e. The molecule has 25 heavy (non-hydrogen) atoms. The molecular formula is C19H22FN3O2. The van der Waals surface area contributed by atoms with E-state index in [-0.39, 0.29) is 30.1 Å². The molecule has 0 spiro atoms. The van der Waals surface area contributed by atoms with Crippen LogP contribution in [0, 0.1) is 5.82 Å². The minimum absolute atomic E-state index is 0.125. The highest BCUT2D eigenvalue weighted by molar-refractivity contribution is 5.76. The van der Waals surface area contributed by atoms with Crippen molar-refractivity contribution in [3.05, 3.63) is 52.6 Å². The number of halogens is 1. The Balaban J connectivity index is 1.88. The monoisotopic (exact) mass is 343 g/mol. The normalized spacial score (nSPS) is 20.5. The minimum atomic E-state index is -0.412. The zero-order valence-electron chi connectivity index (χ0n) is 14.5. The summed E-state index contributed by atoms with van der Waals surface area (Å²) >= 11 is 0. The third-order valence-corrected chi connectivity index (χ3v) is 4.78. The molecule has 6 heteroatoms. The second kappa shape index (κ2) is 7.17. The van der Waals surface area contributed by atoms with Crippen molar-refractivity contribution in [2.45, 2.75) is 51.7 Å². The highest BCUT2D eigenvalue weighted by atomic mass is 19.1. The molecule has 2 aromatic rings. The Kier molecular flexibility index (Phi) is 4.97. The molecule has 1 aromatic carbocycles. The zero-order chi connectivity index (χ0) is 18.0. The number of rotatable bonds is 3. The van der Waals surface area contributed by atoms with Crippen LogP contribution in [0.1, 0.15) is 33.1 Å². The first kappa shape index (κ1) is 17.3. The van der Waals surface area contributed by atoms with E-state index in [1.165, 1.54) is 18.2 Å². The van der Waals surface area contributed by atoms with Gasteiger partial charge in [-0.3, -0.25) is 9.59 Å². The minimum Gasteiger partial charge on any atom is -0.336 e. The summed E-state index contributed by atoms with van der Waals surface area (Å²) in [5.41, 5.74) is 0.277. The summed E-state index contributed by atoms with van der Waals surface area (Å²) in [6.45, 7) is 3.93. The summed E-state index contributed by atoms with van der Waals surface area (Å²) in [5.74, 6) is -0.537. The maximum atomic E-state index is 14.0. The maximum absolute atomic E-state index is 14.0. The Bertz CT molecular complexity index is 823. The Hall–Kier alpha value is -2.50. The van der Waals surface area contributed by atoms with Crippen LogP contribution in [0.3, 0.4) is 0 Å². The number of hydrogen-bond acceptors (Lipinski definition) is 3. The largest absolute Gasteiger partial charge is 0.336 e. The van der Waals surface area contributed by atoms with E-state index in [0.29, 0.717) is 11.3 Å². The summed E-state index contributed by atoms with van der Waals surface area (Å²) < 4.78 is 15.1. The molecule has 132 valence electrons. The predicted molar refractivity (Wildman–Crippen MR) is 93.5 cm³/mol. The van der Waals surface area contributed by atoms with Crippen LogP contribution in [0.25, 0.3) is 11.3 Å². The molecular weight excluding hydrogens is 321 g/mol. The molecule has 1 aliphatic rings. The Morgan fingerprint density at radius 3 is 2.52 bits per heavy atom. The van der Waals surface area contributed by atoms with Crippen LogP contribution in [0.15, 0.2) is 41.2 Å². The first-order chi connectivity index (χ1) is 12.0. The number of carbonyl (C=O) groups excluding carboxylic acids is 1. The van der Waals surface area contributed by atoms with Crippen molar-refractivity contribution in [1.29, 1.82) is 0 Å². The van der Waals surface area contributed by atoms with Crippen molar-refractivity contribution in [2.24, 2.45) is 0 Å². The lowest BCUT2D eigenvalue weighted by molar-refractivity contribution is -0.138. The van der Waals surface area contributed by atoms with E-state index in [1.807, 2.05) is 18.7 Å². The van der Waals surface area contributed by atoms with Gasteiger partial charge in [0.05, 0.1) is 5.69 Å². The SMILES string of the molecule is C[C@@H]1CCC[C@H](C)N1C(=O)Cn1nc(-c2ccccc2F)ccc1=O. The Morgan fingerprint density at radius 1 is 1.16 bits per heavy atom. The average molecular weight is 343 g/mol. The quantitative estimate of drug-likeness (QED) is 0.861. The van der Waals surface area contributed by atoms with Crippen molar-refractivity contribution < 1.29 is 9.18 Å². The summed E-state index contributed by atoms with van der Waals surface area (Å²) in [4.78, 5) is 26.7. The lowest BCUT2D eigenvalue weighted by atomic mass is 9.97. The van der Waals surface area contributed by atoms with Crippen LogP contribution >= 0.6 is 0 Å². The number of piperidine rings is 1. The van der Waals surface area contributed by atoms with E-state index in [2.05, 4.69) is 5.10 Å². The van der Waals surface area contributed by atoms with Crippen molar-refractivity contribution in [2.75, 3.05) is 0 Å². The van der Waals surface area contributed by atoms with Gasteiger partial charge < -0.3 is 4.90 Å². The van der Waals surface area contributed by atoms with Crippen LogP contribution < -0.4 is 5.56 Å². The van der Waals surface area contributed by atoms with Gasteiger partial charge in [0, 0.05) is 23.7 Å². The molecule has 0 bridgehead atoms. The molecule has 0 saturated carbocycles. The van der Waals surface area contributed by atoms with Crippen LogP contribution in [0.5, 0.6) is 0 Å². The lowest BCUT2D eigenvalue weighted by Crippen LogP contribution is -2.49. The van der Waals surface area contributed by atoms with E-state index >= 15 is 0 Å². The van der Waals surface area contributed by atoms with E-state index in [4.69, 9.17) is 0 Å². The molecule has 5 nitrogen and oxygen atoms in total. The maximum Gasteiger partial charge on any atom is 0.267 e. The number of nitrogens with zero attached hydrogens (tertiary/aromatic N) is 3. The van der Waals surface area contributed by atoms with Gasteiger partial charge in [-0.2, -0.15) is 5.10 Å². The zero-order valence-corrected chi connectivity index (χ0v) is 14.5. The van der Waals surface area contributed by atoms with Gasteiger partial charge in [-0.05, 0) is 51.3 Å². The van der Waals surface area contributed by atoms with Gasteiger partial charge in [0.1, 0.15) is 12.4 Å². The van der Waals surface area contributed by atoms with E-state index in [1.54, 1.807) is 18.2 Å². The number of aromatic nitrogens is 2. The first-order valence-electron chi connectivity index (χ1n) is 8.61. The third-order valence-electron chi connectivity index (χ3n) is 4.78. The second-order valence-electron chi connectivity index (χ2n) is 6.62. The standard InChI is InChI=1S/C19H22FN3O2/c1-13-6-5-7-14(2)23(13)19(25)12-22-18(24)11-10-17(21-22)15-8-3-4-9-16(15)20/h3-4,8-11,13-14H,5-7,12H2,1-2H3/t13-,14+. The number of hydrogen-bond donors (Lipinski definition) is 0. The van der Waals surface area contributed by atoms with E-state index < -0.39 is 5.82 Å². The molecule has 2 heterocycles. The highest BCUT2D eigenvalue weighted by Gasteiger charge is 2.29. The van der Waals surface area contributed by atoms with Crippen molar-refractivity contribution in [1.82, 2.24) is 14.7 Å². The van der Waals surface area contributed by atoms with Gasteiger partial charge in [0.25, 0.3) is 5.56 Å². The van der Waals surface area contributed by atoms with Gasteiger partial charge in [-0.1, -0.05) is 12.1 Å². The summed E-state index contributed by atoms with van der Waals surface area (Å²) in [5, 5.41) is 4.20. The lowest BCUT2D eigenvalue weighted by Gasteiger charge is -2.39. The first-order valence-corrected chi connectivity index (χ1v) is 8.61. The van der Waals surface area contributed by atoms with Gasteiger partial charge in [0.2, 0.25) is 5.91 Å².